The Morgan fingerprint density at radius 2 is 2.20 bits per heavy atom. The summed E-state index contributed by atoms with van der Waals surface area (Å²) in [5.41, 5.74) is 2.36. The molecular formula is C17H22N2O. The Kier molecular flexibility index (Phi) is 3.99. The molecule has 1 N–H and O–H groups in total. The van der Waals surface area contributed by atoms with Crippen LogP contribution in [0, 0.1) is 5.92 Å². The number of aliphatic hydroxyl groups excluding tert-OH is 1. The summed E-state index contributed by atoms with van der Waals surface area (Å²) in [5.74, 6) is 0.720. The standard InChI is InChI=1S/C17H22N2O/c1-13-7-9-19(15(10-13)12-20)11-14-4-2-6-17-16(14)5-3-8-18-17/h2-6,8,13,15,20H,7,9-12H2,1H3/t13-,15+/m0/s1. The summed E-state index contributed by atoms with van der Waals surface area (Å²) < 4.78 is 0. The molecule has 106 valence electrons. The van der Waals surface area contributed by atoms with Crippen LogP contribution in [0.25, 0.3) is 10.9 Å². The van der Waals surface area contributed by atoms with Crippen molar-refractivity contribution in [3.63, 3.8) is 0 Å². The lowest BCUT2D eigenvalue weighted by molar-refractivity contribution is 0.0637. The molecule has 0 bridgehead atoms. The van der Waals surface area contributed by atoms with E-state index in [1.54, 1.807) is 0 Å². The Morgan fingerprint density at radius 3 is 3.05 bits per heavy atom. The molecule has 2 heterocycles. The highest BCUT2D eigenvalue weighted by molar-refractivity contribution is 5.81. The van der Waals surface area contributed by atoms with Gasteiger partial charge in [0.25, 0.3) is 0 Å². The molecule has 0 amide bonds. The number of hydrogen-bond donors (Lipinski definition) is 1. The fourth-order valence-electron chi connectivity index (χ4n) is 3.22. The van der Waals surface area contributed by atoms with E-state index in [1.165, 1.54) is 17.4 Å². The van der Waals surface area contributed by atoms with Gasteiger partial charge in [0, 0.05) is 24.2 Å². The molecule has 2 aromatic rings. The maximum Gasteiger partial charge on any atom is 0.0705 e. The molecule has 1 aromatic heterocycles. The van der Waals surface area contributed by atoms with Gasteiger partial charge in [-0.25, -0.2) is 0 Å². The summed E-state index contributed by atoms with van der Waals surface area (Å²) in [6.07, 6.45) is 4.16. The molecule has 0 radical (unpaired) electrons. The fourth-order valence-corrected chi connectivity index (χ4v) is 3.22. The minimum atomic E-state index is 0.257. The van der Waals surface area contributed by atoms with E-state index in [4.69, 9.17) is 0 Å². The normalized spacial score (nSPS) is 24.1. The Bertz CT molecular complexity index is 579. The lowest BCUT2D eigenvalue weighted by Crippen LogP contribution is -2.43. The Hall–Kier alpha value is -1.45. The van der Waals surface area contributed by atoms with Gasteiger partial charge in [-0.2, -0.15) is 0 Å². The number of pyridine rings is 1. The zero-order chi connectivity index (χ0) is 13.9. The van der Waals surface area contributed by atoms with Crippen molar-refractivity contribution in [1.82, 2.24) is 9.88 Å². The van der Waals surface area contributed by atoms with E-state index in [2.05, 4.69) is 41.1 Å². The molecule has 0 spiro atoms. The quantitative estimate of drug-likeness (QED) is 0.931. The molecule has 1 fully saturated rings. The van der Waals surface area contributed by atoms with Crippen LogP contribution in [0.15, 0.2) is 36.5 Å². The first-order valence-corrected chi connectivity index (χ1v) is 7.45. The van der Waals surface area contributed by atoms with E-state index in [9.17, 15) is 5.11 Å². The van der Waals surface area contributed by atoms with Crippen LogP contribution >= 0.6 is 0 Å². The molecule has 20 heavy (non-hydrogen) atoms. The van der Waals surface area contributed by atoms with Crippen molar-refractivity contribution in [3.05, 3.63) is 42.1 Å². The molecule has 3 rings (SSSR count). The summed E-state index contributed by atoms with van der Waals surface area (Å²) in [6.45, 7) is 4.51. The molecule has 3 nitrogen and oxygen atoms in total. The van der Waals surface area contributed by atoms with Crippen LogP contribution in [0.5, 0.6) is 0 Å². The molecule has 1 aromatic carbocycles. The number of likely N-dealkylation sites (tertiary alicyclic amines) is 1. The summed E-state index contributed by atoms with van der Waals surface area (Å²) in [6, 6.07) is 10.7. The van der Waals surface area contributed by atoms with Crippen molar-refractivity contribution in [2.24, 2.45) is 5.92 Å². The Morgan fingerprint density at radius 1 is 1.30 bits per heavy atom. The molecule has 0 saturated carbocycles. The molecule has 1 aliphatic heterocycles. The predicted octanol–water partition coefficient (Wildman–Crippen LogP) is 2.83. The van der Waals surface area contributed by atoms with E-state index < -0.39 is 0 Å². The zero-order valence-corrected chi connectivity index (χ0v) is 12.0. The number of nitrogens with zero attached hydrogens (tertiary/aromatic N) is 2. The minimum absolute atomic E-state index is 0.257. The van der Waals surface area contributed by atoms with Crippen LogP contribution < -0.4 is 0 Å². The summed E-state index contributed by atoms with van der Waals surface area (Å²) in [7, 11) is 0. The van der Waals surface area contributed by atoms with Gasteiger partial charge in [-0.3, -0.25) is 9.88 Å². The Balaban J connectivity index is 1.85. The van der Waals surface area contributed by atoms with Gasteiger partial charge in [0.2, 0.25) is 0 Å². The highest BCUT2D eigenvalue weighted by Crippen LogP contribution is 2.26. The van der Waals surface area contributed by atoms with Gasteiger partial charge < -0.3 is 5.11 Å². The monoisotopic (exact) mass is 270 g/mol. The van der Waals surface area contributed by atoms with Crippen LogP contribution in [0.3, 0.4) is 0 Å². The van der Waals surface area contributed by atoms with Gasteiger partial charge >= 0.3 is 0 Å². The third kappa shape index (κ3) is 2.69. The zero-order valence-electron chi connectivity index (χ0n) is 12.0. The summed E-state index contributed by atoms with van der Waals surface area (Å²) >= 11 is 0. The number of piperidine rings is 1. The molecular weight excluding hydrogens is 248 g/mol. The molecule has 0 unspecified atom stereocenters. The van der Waals surface area contributed by atoms with Crippen LogP contribution in [-0.2, 0) is 6.54 Å². The second-order valence-corrected chi connectivity index (χ2v) is 5.92. The number of aliphatic hydroxyl groups is 1. The first-order chi connectivity index (χ1) is 9.78. The predicted molar refractivity (Wildman–Crippen MR) is 81.4 cm³/mol. The highest BCUT2D eigenvalue weighted by Gasteiger charge is 2.25. The van der Waals surface area contributed by atoms with Crippen molar-refractivity contribution < 1.29 is 5.11 Å². The van der Waals surface area contributed by atoms with Crippen LogP contribution in [-0.4, -0.2) is 34.2 Å². The molecule has 1 aliphatic rings. The van der Waals surface area contributed by atoms with Crippen LogP contribution in [0.2, 0.25) is 0 Å². The van der Waals surface area contributed by atoms with E-state index in [0.717, 1.165) is 30.9 Å². The first-order valence-electron chi connectivity index (χ1n) is 7.45. The van der Waals surface area contributed by atoms with Gasteiger partial charge in [-0.15, -0.1) is 0 Å². The largest absolute Gasteiger partial charge is 0.395 e. The van der Waals surface area contributed by atoms with Gasteiger partial charge in [-0.1, -0.05) is 25.1 Å². The lowest BCUT2D eigenvalue weighted by Gasteiger charge is -2.37. The topological polar surface area (TPSA) is 36.4 Å². The van der Waals surface area contributed by atoms with Crippen LogP contribution in [0.4, 0.5) is 0 Å². The molecule has 0 aliphatic carbocycles. The maximum absolute atomic E-state index is 9.62. The third-order valence-corrected chi connectivity index (χ3v) is 4.42. The fraction of sp³-hybridized carbons (Fsp3) is 0.471. The number of hydrogen-bond acceptors (Lipinski definition) is 3. The van der Waals surface area contributed by atoms with Crippen molar-refractivity contribution in [2.75, 3.05) is 13.2 Å². The van der Waals surface area contributed by atoms with Crippen molar-refractivity contribution in [1.29, 1.82) is 0 Å². The van der Waals surface area contributed by atoms with E-state index in [1.807, 2.05) is 12.3 Å². The highest BCUT2D eigenvalue weighted by atomic mass is 16.3. The van der Waals surface area contributed by atoms with Gasteiger partial charge in [0.15, 0.2) is 0 Å². The number of aromatic nitrogens is 1. The second-order valence-electron chi connectivity index (χ2n) is 5.92. The van der Waals surface area contributed by atoms with Crippen molar-refractivity contribution in [2.45, 2.75) is 32.4 Å². The average molecular weight is 270 g/mol. The van der Waals surface area contributed by atoms with Crippen molar-refractivity contribution in [3.8, 4) is 0 Å². The van der Waals surface area contributed by atoms with Crippen molar-refractivity contribution >= 4 is 10.9 Å². The molecule has 1 saturated heterocycles. The summed E-state index contributed by atoms with van der Waals surface area (Å²) in [4.78, 5) is 6.84. The number of rotatable bonds is 3. The second kappa shape index (κ2) is 5.90. The summed E-state index contributed by atoms with van der Waals surface area (Å²) in [5, 5.41) is 10.8. The van der Waals surface area contributed by atoms with E-state index in [0.29, 0.717) is 6.04 Å². The minimum Gasteiger partial charge on any atom is -0.395 e. The Labute approximate surface area is 120 Å². The maximum atomic E-state index is 9.62. The smallest absolute Gasteiger partial charge is 0.0705 e. The third-order valence-electron chi connectivity index (χ3n) is 4.42. The van der Waals surface area contributed by atoms with E-state index in [-0.39, 0.29) is 6.61 Å². The molecule has 3 heteroatoms. The number of benzene rings is 1. The average Bonchev–Trinajstić information content (AvgIpc) is 2.49. The van der Waals surface area contributed by atoms with Crippen LogP contribution in [0.1, 0.15) is 25.3 Å². The number of fused-ring (bicyclic) bond motifs is 1. The SMILES string of the molecule is C[C@H]1CCN(Cc2cccc3ncccc23)[C@@H](CO)C1. The lowest BCUT2D eigenvalue weighted by atomic mass is 9.92. The van der Waals surface area contributed by atoms with Gasteiger partial charge in [0.05, 0.1) is 12.1 Å². The van der Waals surface area contributed by atoms with Gasteiger partial charge in [-0.05, 0) is 43.0 Å². The first kappa shape index (κ1) is 13.5. The molecule has 2 atom stereocenters. The van der Waals surface area contributed by atoms with Gasteiger partial charge in [0.1, 0.15) is 0 Å². The van der Waals surface area contributed by atoms with E-state index >= 15 is 0 Å².